The van der Waals surface area contributed by atoms with Crippen LogP contribution >= 0.6 is 0 Å². The van der Waals surface area contributed by atoms with Crippen molar-refractivity contribution in [3.05, 3.63) is 41.0 Å². The minimum Gasteiger partial charge on any atom is -0.311 e. The Morgan fingerprint density at radius 2 is 2.10 bits per heavy atom. The quantitative estimate of drug-likeness (QED) is 0.909. The molecule has 0 atom stereocenters. The van der Waals surface area contributed by atoms with Crippen molar-refractivity contribution in [2.45, 2.75) is 39.7 Å². The van der Waals surface area contributed by atoms with Crippen molar-refractivity contribution in [3.63, 3.8) is 0 Å². The van der Waals surface area contributed by atoms with Crippen molar-refractivity contribution in [1.82, 2.24) is 20.3 Å². The van der Waals surface area contributed by atoms with Crippen LogP contribution in [0.25, 0.3) is 11.4 Å². The monoisotopic (exact) mass is 268 g/mol. The van der Waals surface area contributed by atoms with Crippen molar-refractivity contribution in [2.24, 2.45) is 0 Å². The zero-order valence-electron chi connectivity index (χ0n) is 12.3. The average molecular weight is 268 g/mol. The Bertz CT molecular complexity index is 634. The summed E-state index contributed by atoms with van der Waals surface area (Å²) in [6.07, 6.45) is 4.69. The van der Waals surface area contributed by atoms with E-state index in [9.17, 15) is 0 Å². The third-order valence-corrected chi connectivity index (χ3v) is 3.80. The highest BCUT2D eigenvalue weighted by Gasteiger charge is 2.20. The number of fused-ring (bicyclic) bond motifs is 1. The van der Waals surface area contributed by atoms with E-state index in [0.717, 1.165) is 36.6 Å². The van der Waals surface area contributed by atoms with Crippen LogP contribution in [0.5, 0.6) is 0 Å². The molecule has 0 saturated heterocycles. The molecule has 0 bridgehead atoms. The van der Waals surface area contributed by atoms with Gasteiger partial charge in [0.1, 0.15) is 0 Å². The topological polar surface area (TPSA) is 50.7 Å². The van der Waals surface area contributed by atoms with E-state index in [1.54, 1.807) is 0 Å². The van der Waals surface area contributed by atoms with Crippen molar-refractivity contribution in [2.75, 3.05) is 6.54 Å². The van der Waals surface area contributed by atoms with Crippen LogP contribution in [0.1, 0.15) is 42.3 Å². The fourth-order valence-electron chi connectivity index (χ4n) is 2.68. The van der Waals surface area contributed by atoms with Crippen molar-refractivity contribution in [3.8, 4) is 11.4 Å². The van der Waals surface area contributed by atoms with Crippen LogP contribution in [0.15, 0.2) is 18.5 Å². The first kappa shape index (κ1) is 13.2. The molecule has 4 heteroatoms. The maximum atomic E-state index is 4.84. The number of nitrogens with one attached hydrogen (secondary N) is 1. The van der Waals surface area contributed by atoms with Gasteiger partial charge in [0.2, 0.25) is 0 Å². The summed E-state index contributed by atoms with van der Waals surface area (Å²) >= 11 is 0. The molecular weight excluding hydrogens is 248 g/mol. The van der Waals surface area contributed by atoms with Gasteiger partial charge >= 0.3 is 0 Å². The molecule has 0 aliphatic carbocycles. The predicted molar refractivity (Wildman–Crippen MR) is 79.5 cm³/mol. The van der Waals surface area contributed by atoms with E-state index in [1.165, 1.54) is 16.8 Å². The molecule has 104 valence electrons. The highest BCUT2D eigenvalue weighted by molar-refractivity contribution is 5.59. The summed E-state index contributed by atoms with van der Waals surface area (Å²) in [4.78, 5) is 13.8. The van der Waals surface area contributed by atoms with Gasteiger partial charge in [-0.05, 0) is 43.0 Å². The molecule has 0 spiro atoms. The van der Waals surface area contributed by atoms with Gasteiger partial charge in [0, 0.05) is 24.5 Å². The van der Waals surface area contributed by atoms with Crippen molar-refractivity contribution in [1.29, 1.82) is 0 Å². The van der Waals surface area contributed by atoms with Gasteiger partial charge in [-0.15, -0.1) is 0 Å². The molecule has 1 aliphatic heterocycles. The van der Waals surface area contributed by atoms with E-state index < -0.39 is 0 Å². The molecule has 3 heterocycles. The lowest BCUT2D eigenvalue weighted by atomic mass is 9.97. The normalized spacial score (nSPS) is 14.4. The van der Waals surface area contributed by atoms with E-state index in [4.69, 9.17) is 9.97 Å². The predicted octanol–water partition coefficient (Wildman–Crippen LogP) is 2.62. The largest absolute Gasteiger partial charge is 0.311 e. The van der Waals surface area contributed by atoms with Gasteiger partial charge < -0.3 is 5.32 Å². The van der Waals surface area contributed by atoms with Gasteiger partial charge in [-0.2, -0.15) is 0 Å². The molecule has 1 aliphatic rings. The summed E-state index contributed by atoms with van der Waals surface area (Å²) in [6, 6.07) is 2.01. The Hall–Kier alpha value is -1.81. The Morgan fingerprint density at radius 1 is 1.25 bits per heavy atom. The van der Waals surface area contributed by atoms with E-state index in [0.29, 0.717) is 5.92 Å². The van der Waals surface area contributed by atoms with Crippen LogP contribution in [-0.4, -0.2) is 21.5 Å². The first-order chi connectivity index (χ1) is 9.66. The lowest BCUT2D eigenvalue weighted by Gasteiger charge is -2.22. The van der Waals surface area contributed by atoms with Crippen molar-refractivity contribution >= 4 is 0 Å². The molecule has 0 fully saturated rings. The summed E-state index contributed by atoms with van der Waals surface area (Å²) in [7, 11) is 0. The Labute approximate surface area is 119 Å². The number of hydrogen-bond donors (Lipinski definition) is 1. The third-order valence-electron chi connectivity index (χ3n) is 3.80. The molecule has 1 N–H and O–H groups in total. The molecule has 3 rings (SSSR count). The molecule has 0 aromatic carbocycles. The second-order valence-corrected chi connectivity index (χ2v) is 5.63. The molecular formula is C16H20N4. The molecule has 20 heavy (non-hydrogen) atoms. The summed E-state index contributed by atoms with van der Waals surface area (Å²) in [5, 5.41) is 3.39. The summed E-state index contributed by atoms with van der Waals surface area (Å²) in [5.41, 5.74) is 5.87. The number of aromatic nitrogens is 3. The summed E-state index contributed by atoms with van der Waals surface area (Å²) in [5.74, 6) is 1.22. The first-order valence-electron chi connectivity index (χ1n) is 7.18. The zero-order valence-corrected chi connectivity index (χ0v) is 12.3. The highest BCUT2D eigenvalue weighted by atomic mass is 15.0. The third kappa shape index (κ3) is 2.31. The first-order valence-corrected chi connectivity index (χ1v) is 7.18. The van der Waals surface area contributed by atoms with Crippen LogP contribution in [0.3, 0.4) is 0 Å². The minimum atomic E-state index is 0.417. The van der Waals surface area contributed by atoms with Crippen LogP contribution in [0.2, 0.25) is 0 Å². The molecule has 2 aromatic rings. The van der Waals surface area contributed by atoms with Gasteiger partial charge in [0.05, 0.1) is 11.4 Å². The van der Waals surface area contributed by atoms with Crippen LogP contribution in [0, 0.1) is 6.92 Å². The van der Waals surface area contributed by atoms with E-state index in [2.05, 4.69) is 31.1 Å². The molecule has 0 unspecified atom stereocenters. The van der Waals surface area contributed by atoms with Crippen LogP contribution in [0.4, 0.5) is 0 Å². The second kappa shape index (κ2) is 5.29. The minimum absolute atomic E-state index is 0.417. The van der Waals surface area contributed by atoms with Crippen molar-refractivity contribution < 1.29 is 0 Å². The summed E-state index contributed by atoms with van der Waals surface area (Å²) in [6.45, 7) is 8.33. The van der Waals surface area contributed by atoms with E-state index in [1.807, 2.05) is 18.5 Å². The van der Waals surface area contributed by atoms with Gasteiger partial charge in [-0.25, -0.2) is 9.97 Å². The number of rotatable bonds is 2. The SMILES string of the molecule is Cc1ccncc1-c1nc2c(c(C(C)C)n1)CCNC2. The molecule has 2 aromatic heterocycles. The highest BCUT2D eigenvalue weighted by Crippen LogP contribution is 2.27. The Balaban J connectivity index is 2.18. The smallest absolute Gasteiger partial charge is 0.161 e. The number of pyridine rings is 1. The lowest BCUT2D eigenvalue weighted by Crippen LogP contribution is -2.27. The van der Waals surface area contributed by atoms with Gasteiger partial charge in [-0.3, -0.25) is 4.98 Å². The second-order valence-electron chi connectivity index (χ2n) is 5.63. The van der Waals surface area contributed by atoms with E-state index in [-0.39, 0.29) is 0 Å². The van der Waals surface area contributed by atoms with Crippen LogP contribution in [-0.2, 0) is 13.0 Å². The van der Waals surface area contributed by atoms with Gasteiger partial charge in [-0.1, -0.05) is 13.8 Å². The lowest BCUT2D eigenvalue weighted by molar-refractivity contribution is 0.609. The zero-order chi connectivity index (χ0) is 14.1. The van der Waals surface area contributed by atoms with Gasteiger partial charge in [0.15, 0.2) is 5.82 Å². The van der Waals surface area contributed by atoms with Crippen LogP contribution < -0.4 is 5.32 Å². The fourth-order valence-corrected chi connectivity index (χ4v) is 2.68. The maximum Gasteiger partial charge on any atom is 0.161 e. The maximum absolute atomic E-state index is 4.84. The number of aryl methyl sites for hydroxylation is 1. The Morgan fingerprint density at radius 3 is 2.85 bits per heavy atom. The molecule has 0 radical (unpaired) electrons. The molecule has 0 amide bonds. The Kier molecular flexibility index (Phi) is 3.49. The number of nitrogens with zero attached hydrogens (tertiary/aromatic N) is 3. The van der Waals surface area contributed by atoms with Gasteiger partial charge in [0.25, 0.3) is 0 Å². The summed E-state index contributed by atoms with van der Waals surface area (Å²) < 4.78 is 0. The molecule has 0 saturated carbocycles. The average Bonchev–Trinajstić information content (AvgIpc) is 2.46. The number of hydrogen-bond acceptors (Lipinski definition) is 4. The van der Waals surface area contributed by atoms with E-state index >= 15 is 0 Å². The molecule has 4 nitrogen and oxygen atoms in total. The standard InChI is InChI=1S/C16H20N4/c1-10(2)15-12-5-7-18-9-14(12)19-16(20-15)13-8-17-6-4-11(13)3/h4,6,8,10,18H,5,7,9H2,1-3H3. The fraction of sp³-hybridized carbons (Fsp3) is 0.438.